The smallest absolute Gasteiger partial charge is 0.0155 e. The molecule has 0 aromatic carbocycles. The van der Waals surface area contributed by atoms with Crippen molar-refractivity contribution in [2.24, 2.45) is 11.8 Å². The maximum absolute atomic E-state index is 2.41. The predicted octanol–water partition coefficient (Wildman–Crippen LogP) is 6.00. The summed E-state index contributed by atoms with van der Waals surface area (Å²) in [6.07, 6.45) is 22.0. The Labute approximate surface area is 119 Å². The molecule has 0 N–H and O–H groups in total. The highest BCUT2D eigenvalue weighted by molar-refractivity contribution is 5.43. The van der Waals surface area contributed by atoms with Gasteiger partial charge in [-0.15, -0.1) is 0 Å². The van der Waals surface area contributed by atoms with Crippen LogP contribution in [0.15, 0.2) is 59.8 Å². The van der Waals surface area contributed by atoms with Gasteiger partial charge in [-0.2, -0.15) is 0 Å². The molecule has 0 bridgehead atoms. The van der Waals surface area contributed by atoms with E-state index in [4.69, 9.17) is 0 Å². The molecule has 0 nitrogen and oxygen atoms in total. The van der Waals surface area contributed by atoms with Gasteiger partial charge >= 0.3 is 0 Å². The first-order valence-corrected chi connectivity index (χ1v) is 7.87. The summed E-state index contributed by atoms with van der Waals surface area (Å²) in [7, 11) is 0. The van der Waals surface area contributed by atoms with Crippen LogP contribution in [0.25, 0.3) is 0 Å². The third-order valence-electron chi connectivity index (χ3n) is 3.33. The van der Waals surface area contributed by atoms with E-state index in [1.54, 1.807) is 0 Å². The van der Waals surface area contributed by atoms with E-state index in [1.165, 1.54) is 30.4 Å². The summed E-state index contributed by atoms with van der Waals surface area (Å²) in [5, 5.41) is 0. The zero-order valence-electron chi connectivity index (χ0n) is 12.9. The quantitative estimate of drug-likeness (QED) is 0.568. The molecular weight excluding hydrogens is 228 g/mol. The summed E-state index contributed by atoms with van der Waals surface area (Å²) >= 11 is 0. The van der Waals surface area contributed by atoms with Crippen molar-refractivity contribution in [3.8, 4) is 0 Å². The molecule has 1 fully saturated rings. The standard InChI is InChI=1S/C15H16.2C2H6/c1-2-4-12(5-3-1)6-7-13-8-9-14-11-15(14)10-13;2*1-2/h2,4-10,14-15H,1,3,11H2;2*1-2H3/b7-6+;;. The molecule has 0 heteroatoms. The number of hydrogen-bond donors (Lipinski definition) is 0. The average Bonchev–Trinajstić information content (AvgIpc) is 3.29. The molecule has 104 valence electrons. The normalized spacial score (nSPS) is 26.3. The zero-order valence-corrected chi connectivity index (χ0v) is 12.9. The van der Waals surface area contributed by atoms with Crippen molar-refractivity contribution >= 4 is 0 Å². The highest BCUT2D eigenvalue weighted by Crippen LogP contribution is 2.44. The van der Waals surface area contributed by atoms with Crippen LogP contribution in [0.1, 0.15) is 47.0 Å². The first-order valence-electron chi connectivity index (χ1n) is 7.87. The average molecular weight is 256 g/mol. The molecule has 2 atom stereocenters. The predicted molar refractivity (Wildman–Crippen MR) is 87.1 cm³/mol. The van der Waals surface area contributed by atoms with Crippen LogP contribution in [0.5, 0.6) is 0 Å². The number of fused-ring (bicyclic) bond motifs is 1. The summed E-state index contributed by atoms with van der Waals surface area (Å²) in [6, 6.07) is 0. The Balaban J connectivity index is 0.000000415. The summed E-state index contributed by atoms with van der Waals surface area (Å²) in [6.45, 7) is 8.00. The minimum atomic E-state index is 0.852. The van der Waals surface area contributed by atoms with Gasteiger partial charge < -0.3 is 0 Å². The molecule has 0 heterocycles. The topological polar surface area (TPSA) is 0 Å². The van der Waals surface area contributed by atoms with Crippen LogP contribution in [-0.2, 0) is 0 Å². The lowest BCUT2D eigenvalue weighted by atomic mass is 10.0. The van der Waals surface area contributed by atoms with Gasteiger partial charge in [-0.3, -0.25) is 0 Å². The monoisotopic (exact) mass is 256 g/mol. The van der Waals surface area contributed by atoms with Crippen molar-refractivity contribution < 1.29 is 0 Å². The lowest BCUT2D eigenvalue weighted by Crippen LogP contribution is -1.85. The van der Waals surface area contributed by atoms with Gasteiger partial charge in [0.25, 0.3) is 0 Å². The van der Waals surface area contributed by atoms with Crippen LogP contribution in [-0.4, -0.2) is 0 Å². The molecule has 3 aliphatic carbocycles. The summed E-state index contributed by atoms with van der Waals surface area (Å²) in [5.74, 6) is 1.72. The minimum Gasteiger partial charge on any atom is -0.0836 e. The molecule has 0 aromatic rings. The fraction of sp³-hybridized carbons (Fsp3) is 0.474. The molecular formula is C19H28. The molecule has 0 amide bonds. The molecule has 3 rings (SSSR count). The van der Waals surface area contributed by atoms with E-state index in [-0.39, 0.29) is 0 Å². The van der Waals surface area contributed by atoms with Crippen LogP contribution in [0.4, 0.5) is 0 Å². The largest absolute Gasteiger partial charge is 0.0836 e. The lowest BCUT2D eigenvalue weighted by Gasteiger charge is -2.03. The third-order valence-corrected chi connectivity index (χ3v) is 3.33. The van der Waals surface area contributed by atoms with Gasteiger partial charge in [0.1, 0.15) is 0 Å². The lowest BCUT2D eigenvalue weighted by molar-refractivity contribution is 0.971. The highest BCUT2D eigenvalue weighted by Gasteiger charge is 2.34. The van der Waals surface area contributed by atoms with Crippen LogP contribution in [0.3, 0.4) is 0 Å². The SMILES string of the molecule is C1=CC(/C=C/C2=CC3CC3C=C2)=CCC1.CC.CC. The van der Waals surface area contributed by atoms with E-state index in [9.17, 15) is 0 Å². The molecule has 0 aliphatic heterocycles. The van der Waals surface area contributed by atoms with Crippen molar-refractivity contribution in [3.05, 3.63) is 59.8 Å². The first-order chi connectivity index (χ1) is 9.42. The maximum Gasteiger partial charge on any atom is -0.0155 e. The molecule has 0 radical (unpaired) electrons. The van der Waals surface area contributed by atoms with E-state index >= 15 is 0 Å². The Hall–Kier alpha value is -1.30. The van der Waals surface area contributed by atoms with Crippen molar-refractivity contribution in [1.29, 1.82) is 0 Å². The Kier molecular flexibility index (Phi) is 7.25. The van der Waals surface area contributed by atoms with Gasteiger partial charge in [0.15, 0.2) is 0 Å². The van der Waals surface area contributed by atoms with Gasteiger partial charge in [-0.25, -0.2) is 0 Å². The second kappa shape index (κ2) is 8.74. The molecule has 3 aliphatic rings. The molecule has 2 unspecified atom stereocenters. The number of rotatable bonds is 2. The Morgan fingerprint density at radius 1 is 0.895 bits per heavy atom. The molecule has 19 heavy (non-hydrogen) atoms. The molecule has 0 aromatic heterocycles. The van der Waals surface area contributed by atoms with Crippen LogP contribution >= 0.6 is 0 Å². The van der Waals surface area contributed by atoms with Gasteiger partial charge in [0.2, 0.25) is 0 Å². The van der Waals surface area contributed by atoms with Crippen molar-refractivity contribution in [1.82, 2.24) is 0 Å². The Morgan fingerprint density at radius 2 is 1.63 bits per heavy atom. The summed E-state index contributed by atoms with van der Waals surface area (Å²) < 4.78 is 0. The Morgan fingerprint density at radius 3 is 2.26 bits per heavy atom. The summed E-state index contributed by atoms with van der Waals surface area (Å²) in [5.41, 5.74) is 2.74. The second-order valence-corrected chi connectivity index (χ2v) is 4.61. The van der Waals surface area contributed by atoms with E-state index in [2.05, 4.69) is 48.6 Å². The van der Waals surface area contributed by atoms with Crippen molar-refractivity contribution in [3.63, 3.8) is 0 Å². The fourth-order valence-corrected chi connectivity index (χ4v) is 2.25. The van der Waals surface area contributed by atoms with Gasteiger partial charge in [-0.1, -0.05) is 76.3 Å². The zero-order chi connectivity index (χ0) is 14.1. The first kappa shape index (κ1) is 15.8. The fourth-order valence-electron chi connectivity index (χ4n) is 2.25. The van der Waals surface area contributed by atoms with Gasteiger partial charge in [0.05, 0.1) is 0 Å². The second-order valence-electron chi connectivity index (χ2n) is 4.61. The van der Waals surface area contributed by atoms with Gasteiger partial charge in [-0.05, 0) is 42.2 Å². The van der Waals surface area contributed by atoms with E-state index < -0.39 is 0 Å². The van der Waals surface area contributed by atoms with Crippen molar-refractivity contribution in [2.75, 3.05) is 0 Å². The summed E-state index contributed by atoms with van der Waals surface area (Å²) in [4.78, 5) is 0. The Bertz CT molecular complexity index is 402. The van der Waals surface area contributed by atoms with Crippen LogP contribution in [0.2, 0.25) is 0 Å². The van der Waals surface area contributed by atoms with Crippen molar-refractivity contribution in [2.45, 2.75) is 47.0 Å². The van der Waals surface area contributed by atoms with E-state index in [1.807, 2.05) is 27.7 Å². The minimum absolute atomic E-state index is 0.852. The third kappa shape index (κ3) is 5.06. The molecule has 1 saturated carbocycles. The molecule has 0 spiro atoms. The highest BCUT2D eigenvalue weighted by atomic mass is 14.4. The number of allylic oxidation sites excluding steroid dienone is 10. The van der Waals surface area contributed by atoms with Crippen LogP contribution < -0.4 is 0 Å². The van der Waals surface area contributed by atoms with Gasteiger partial charge in [0, 0.05) is 0 Å². The van der Waals surface area contributed by atoms with E-state index in [0.717, 1.165) is 11.8 Å². The number of hydrogen-bond acceptors (Lipinski definition) is 0. The maximum atomic E-state index is 2.41. The van der Waals surface area contributed by atoms with E-state index in [0.29, 0.717) is 0 Å². The van der Waals surface area contributed by atoms with Crippen LogP contribution in [0, 0.1) is 11.8 Å². The molecule has 0 saturated heterocycles.